The van der Waals surface area contributed by atoms with Gasteiger partial charge in [-0.1, -0.05) is 12.1 Å². The summed E-state index contributed by atoms with van der Waals surface area (Å²) in [4.78, 5) is 8.97. The summed E-state index contributed by atoms with van der Waals surface area (Å²) < 4.78 is 29.3. The maximum absolute atomic E-state index is 12.5. The van der Waals surface area contributed by atoms with E-state index in [9.17, 15) is 8.42 Å². The summed E-state index contributed by atoms with van der Waals surface area (Å²) in [6, 6.07) is 8.95. The van der Waals surface area contributed by atoms with Crippen LogP contribution in [0.2, 0.25) is 0 Å². The fourth-order valence-corrected chi connectivity index (χ4v) is 3.97. The number of aromatic nitrogens is 4. The molecule has 0 spiro atoms. The van der Waals surface area contributed by atoms with Crippen LogP contribution in [-0.4, -0.2) is 41.3 Å². The van der Waals surface area contributed by atoms with E-state index in [1.807, 2.05) is 25.1 Å². The number of anilines is 1. The molecule has 0 unspecified atom stereocenters. The molecule has 0 amide bonds. The van der Waals surface area contributed by atoms with Crippen molar-refractivity contribution in [2.75, 3.05) is 18.4 Å². The molecule has 2 aromatic heterocycles. The van der Waals surface area contributed by atoms with E-state index in [4.69, 9.17) is 0 Å². The molecule has 8 nitrogen and oxygen atoms in total. The van der Waals surface area contributed by atoms with Crippen LogP contribution in [0, 0.1) is 20.8 Å². The van der Waals surface area contributed by atoms with Gasteiger partial charge in [0.15, 0.2) is 5.82 Å². The Labute approximate surface area is 158 Å². The molecule has 0 bridgehead atoms. The number of nitrogens with one attached hydrogen (secondary N) is 2. The van der Waals surface area contributed by atoms with Crippen LogP contribution < -0.4 is 10.0 Å². The summed E-state index contributed by atoms with van der Waals surface area (Å²) in [5.74, 6) is 1.85. The van der Waals surface area contributed by atoms with Crippen molar-refractivity contribution in [1.29, 1.82) is 0 Å². The highest BCUT2D eigenvalue weighted by atomic mass is 32.2. The van der Waals surface area contributed by atoms with Gasteiger partial charge in [0.25, 0.3) is 0 Å². The Bertz CT molecular complexity index is 1030. The van der Waals surface area contributed by atoms with Crippen molar-refractivity contribution in [1.82, 2.24) is 24.5 Å². The number of nitrogens with zero attached hydrogens (tertiary/aromatic N) is 4. The molecule has 3 aromatic rings. The van der Waals surface area contributed by atoms with Gasteiger partial charge in [-0.15, -0.1) is 0 Å². The van der Waals surface area contributed by atoms with Gasteiger partial charge in [-0.05, 0) is 44.0 Å². The van der Waals surface area contributed by atoms with Crippen LogP contribution in [0.5, 0.6) is 0 Å². The number of hydrogen-bond acceptors (Lipinski definition) is 6. The van der Waals surface area contributed by atoms with E-state index in [-0.39, 0.29) is 6.54 Å². The van der Waals surface area contributed by atoms with Gasteiger partial charge >= 0.3 is 0 Å². The maximum Gasteiger partial charge on any atom is 0.240 e. The van der Waals surface area contributed by atoms with E-state index < -0.39 is 10.0 Å². The van der Waals surface area contributed by atoms with Gasteiger partial charge in [0.05, 0.1) is 4.90 Å². The highest BCUT2D eigenvalue weighted by molar-refractivity contribution is 7.89. The van der Waals surface area contributed by atoms with E-state index in [2.05, 4.69) is 25.1 Å². The molecule has 0 fully saturated rings. The first kappa shape index (κ1) is 19.0. The van der Waals surface area contributed by atoms with Gasteiger partial charge in [0, 0.05) is 31.5 Å². The molecular weight excluding hydrogens is 364 g/mol. The summed E-state index contributed by atoms with van der Waals surface area (Å²) in [5.41, 5.74) is 1.62. The number of aryl methyl sites for hydroxylation is 3. The summed E-state index contributed by atoms with van der Waals surface area (Å²) in [5, 5.41) is 7.27. The molecule has 1 aromatic carbocycles. The lowest BCUT2D eigenvalue weighted by molar-refractivity contribution is 0.582. The van der Waals surface area contributed by atoms with Crippen LogP contribution in [0.15, 0.2) is 47.6 Å². The second-order valence-corrected chi connectivity index (χ2v) is 7.94. The predicted octanol–water partition coefficient (Wildman–Crippen LogP) is 1.98. The second-order valence-electron chi connectivity index (χ2n) is 6.20. The highest BCUT2D eigenvalue weighted by Crippen LogP contribution is 2.16. The van der Waals surface area contributed by atoms with E-state index in [0.717, 1.165) is 11.1 Å². The Hall–Kier alpha value is -2.78. The van der Waals surface area contributed by atoms with Crippen LogP contribution in [0.25, 0.3) is 5.82 Å². The smallest absolute Gasteiger partial charge is 0.240 e. The molecule has 0 radical (unpaired) electrons. The van der Waals surface area contributed by atoms with Crippen LogP contribution >= 0.6 is 0 Å². The van der Waals surface area contributed by atoms with E-state index in [1.54, 1.807) is 43.1 Å². The van der Waals surface area contributed by atoms with Gasteiger partial charge in [-0.25, -0.2) is 27.8 Å². The first-order valence-corrected chi connectivity index (χ1v) is 10.00. The monoisotopic (exact) mass is 386 g/mol. The number of benzene rings is 1. The van der Waals surface area contributed by atoms with Crippen LogP contribution in [0.4, 0.5) is 5.82 Å². The number of hydrogen-bond donors (Lipinski definition) is 2. The second kappa shape index (κ2) is 7.85. The van der Waals surface area contributed by atoms with E-state index >= 15 is 0 Å². The molecule has 0 aliphatic rings. The fraction of sp³-hybridized carbons (Fsp3) is 0.278. The molecule has 0 aliphatic carbocycles. The lowest BCUT2D eigenvalue weighted by Gasteiger charge is -2.11. The Kier molecular flexibility index (Phi) is 5.52. The molecule has 0 saturated heterocycles. The maximum atomic E-state index is 12.5. The molecule has 3 rings (SSSR count). The van der Waals surface area contributed by atoms with E-state index in [0.29, 0.717) is 28.9 Å². The Morgan fingerprint density at radius 1 is 1.07 bits per heavy atom. The first-order chi connectivity index (χ1) is 12.8. The van der Waals surface area contributed by atoms with Crippen molar-refractivity contribution in [3.63, 3.8) is 0 Å². The van der Waals surface area contributed by atoms with Crippen molar-refractivity contribution in [3.8, 4) is 5.82 Å². The van der Waals surface area contributed by atoms with Crippen molar-refractivity contribution in [2.45, 2.75) is 25.7 Å². The lowest BCUT2D eigenvalue weighted by Crippen LogP contribution is -2.29. The summed E-state index contributed by atoms with van der Waals surface area (Å²) in [7, 11) is -3.56. The third kappa shape index (κ3) is 4.69. The van der Waals surface area contributed by atoms with E-state index in [1.165, 1.54) is 0 Å². The zero-order valence-electron chi connectivity index (χ0n) is 15.5. The fourth-order valence-electron chi connectivity index (χ4n) is 2.61. The highest BCUT2D eigenvalue weighted by Gasteiger charge is 2.16. The predicted molar refractivity (Wildman–Crippen MR) is 103 cm³/mol. The average Bonchev–Trinajstić information content (AvgIpc) is 3.15. The summed E-state index contributed by atoms with van der Waals surface area (Å²) >= 11 is 0. The SMILES string of the molecule is Cc1ccc(C)c(S(=O)(=O)NCCNc2cc(-n3cccn3)nc(C)n2)c1. The van der Waals surface area contributed by atoms with Gasteiger partial charge < -0.3 is 5.32 Å². The van der Waals surface area contributed by atoms with Gasteiger partial charge in [-0.3, -0.25) is 0 Å². The molecule has 0 aliphatic heterocycles. The van der Waals surface area contributed by atoms with Crippen molar-refractivity contribution < 1.29 is 8.42 Å². The molecule has 2 N–H and O–H groups in total. The molecular formula is C18H22N6O2S. The van der Waals surface area contributed by atoms with Crippen LogP contribution in [-0.2, 0) is 10.0 Å². The Morgan fingerprint density at radius 2 is 1.89 bits per heavy atom. The Morgan fingerprint density at radius 3 is 2.63 bits per heavy atom. The van der Waals surface area contributed by atoms with Crippen molar-refractivity contribution in [2.24, 2.45) is 0 Å². The third-order valence-corrected chi connectivity index (χ3v) is 5.52. The number of rotatable bonds is 7. The molecule has 27 heavy (non-hydrogen) atoms. The topological polar surface area (TPSA) is 102 Å². The van der Waals surface area contributed by atoms with Gasteiger partial charge in [0.1, 0.15) is 11.6 Å². The molecule has 142 valence electrons. The van der Waals surface area contributed by atoms with Crippen LogP contribution in [0.3, 0.4) is 0 Å². The van der Waals surface area contributed by atoms with Crippen LogP contribution in [0.1, 0.15) is 17.0 Å². The minimum absolute atomic E-state index is 0.232. The zero-order valence-corrected chi connectivity index (χ0v) is 16.3. The number of sulfonamides is 1. The van der Waals surface area contributed by atoms with Crippen molar-refractivity contribution >= 4 is 15.8 Å². The average molecular weight is 386 g/mol. The minimum Gasteiger partial charge on any atom is -0.369 e. The standard InChI is InChI=1S/C18H22N6O2S/c1-13-5-6-14(2)16(11-13)27(25,26)21-9-8-19-17-12-18(23-15(3)22-17)24-10-4-7-20-24/h4-7,10-12,21H,8-9H2,1-3H3,(H,19,22,23). The molecule has 2 heterocycles. The normalized spacial score (nSPS) is 11.5. The van der Waals surface area contributed by atoms with Crippen molar-refractivity contribution in [3.05, 3.63) is 59.7 Å². The van der Waals surface area contributed by atoms with Gasteiger partial charge in [0.2, 0.25) is 10.0 Å². The largest absolute Gasteiger partial charge is 0.369 e. The van der Waals surface area contributed by atoms with Gasteiger partial charge in [-0.2, -0.15) is 5.10 Å². The first-order valence-electron chi connectivity index (χ1n) is 8.52. The minimum atomic E-state index is -3.56. The molecule has 0 saturated carbocycles. The quantitative estimate of drug-likeness (QED) is 0.602. The summed E-state index contributed by atoms with van der Waals surface area (Å²) in [6.45, 7) is 6.07. The lowest BCUT2D eigenvalue weighted by atomic mass is 10.2. The zero-order chi connectivity index (χ0) is 19.4. The Balaban J connectivity index is 1.63. The molecule has 0 atom stereocenters. The third-order valence-electron chi connectivity index (χ3n) is 3.92. The summed E-state index contributed by atoms with van der Waals surface area (Å²) in [6.07, 6.45) is 3.47. The molecule has 9 heteroatoms.